The van der Waals surface area contributed by atoms with Crippen LogP contribution in [-0.2, 0) is 9.59 Å². The van der Waals surface area contributed by atoms with E-state index in [1.807, 2.05) is 19.0 Å². The number of aromatic nitrogens is 2. The fourth-order valence-electron chi connectivity index (χ4n) is 4.56. The molecule has 1 saturated carbocycles. The van der Waals surface area contributed by atoms with E-state index >= 15 is 4.39 Å². The Kier molecular flexibility index (Phi) is 9.10. The Morgan fingerprint density at radius 2 is 2.06 bits per heavy atom. The largest absolute Gasteiger partial charge is 0.352 e. The predicted molar refractivity (Wildman–Crippen MR) is 124 cm³/mol. The third kappa shape index (κ3) is 6.67. The van der Waals surface area contributed by atoms with E-state index in [0.717, 1.165) is 32.1 Å². The molecule has 0 spiro atoms. The van der Waals surface area contributed by atoms with Crippen molar-refractivity contribution in [1.82, 2.24) is 25.4 Å². The van der Waals surface area contributed by atoms with Gasteiger partial charge in [-0.1, -0.05) is 37.4 Å². The fourth-order valence-corrected chi connectivity index (χ4v) is 4.92. The number of amides is 2. The first-order valence-electron chi connectivity index (χ1n) is 11.3. The average Bonchev–Trinajstić information content (AvgIpc) is 3.50. The van der Waals surface area contributed by atoms with Crippen molar-refractivity contribution >= 4 is 35.7 Å². The van der Waals surface area contributed by atoms with Gasteiger partial charge in [-0.3, -0.25) is 25.6 Å². The Labute approximate surface area is 198 Å². The highest BCUT2D eigenvalue weighted by atomic mass is 32.2. The van der Waals surface area contributed by atoms with Crippen molar-refractivity contribution in [2.45, 2.75) is 49.7 Å². The zero-order chi connectivity index (χ0) is 24.0. The Bertz CT molecular complexity index is 825. The van der Waals surface area contributed by atoms with Crippen LogP contribution in [0, 0.1) is 17.7 Å². The zero-order valence-electron chi connectivity index (χ0n) is 19.5. The molecule has 2 amide bonds. The number of halogens is 1. The molecule has 10 nitrogen and oxygen atoms in total. The maximum atomic E-state index is 15.3. The molecule has 1 aliphatic heterocycles. The summed E-state index contributed by atoms with van der Waals surface area (Å²) in [6.45, 7) is 1.21. The van der Waals surface area contributed by atoms with Crippen LogP contribution in [0.2, 0.25) is 0 Å². The highest BCUT2D eigenvalue weighted by Gasteiger charge is 2.30. The van der Waals surface area contributed by atoms with Crippen LogP contribution in [0.1, 0.15) is 38.5 Å². The standard InChI is InChI=1S/C21H34FN7O3S/c1-27(2)16-8-9-28(12-16)19-17(22)18(23-21(24-19)33-3)25-26-20(31)15(11-29(32)13-30)10-14-6-4-5-7-14/h13-16,32H,4-12H2,1-3H3,(H,26,31)(H,23,24,25)/t15-,16-/m1/s1. The van der Waals surface area contributed by atoms with E-state index < -0.39 is 17.6 Å². The quantitative estimate of drug-likeness (QED) is 0.143. The number of nitrogens with one attached hydrogen (secondary N) is 2. The monoisotopic (exact) mass is 483 g/mol. The summed E-state index contributed by atoms with van der Waals surface area (Å²) in [6, 6.07) is 0.309. The van der Waals surface area contributed by atoms with Crippen molar-refractivity contribution in [3.05, 3.63) is 5.82 Å². The number of carbonyl (C=O) groups is 2. The highest BCUT2D eigenvalue weighted by molar-refractivity contribution is 7.98. The first-order valence-corrected chi connectivity index (χ1v) is 12.5. The topological polar surface area (TPSA) is 114 Å². The number of anilines is 2. The van der Waals surface area contributed by atoms with Gasteiger partial charge in [-0.25, -0.2) is 15.0 Å². The summed E-state index contributed by atoms with van der Waals surface area (Å²) in [7, 11) is 4.00. The number of thioether (sulfide) groups is 1. The Morgan fingerprint density at radius 3 is 2.67 bits per heavy atom. The van der Waals surface area contributed by atoms with Gasteiger partial charge in [0, 0.05) is 19.1 Å². The maximum Gasteiger partial charge on any atom is 0.243 e. The second-order valence-electron chi connectivity index (χ2n) is 8.97. The van der Waals surface area contributed by atoms with Gasteiger partial charge in [0.05, 0.1) is 12.5 Å². The van der Waals surface area contributed by atoms with Gasteiger partial charge in [0.25, 0.3) is 0 Å². The van der Waals surface area contributed by atoms with Crippen LogP contribution in [0.25, 0.3) is 0 Å². The molecule has 2 atom stereocenters. The summed E-state index contributed by atoms with van der Waals surface area (Å²) in [6.07, 6.45) is 7.81. The van der Waals surface area contributed by atoms with E-state index in [1.165, 1.54) is 11.8 Å². The maximum absolute atomic E-state index is 15.3. The number of likely N-dealkylation sites (N-methyl/N-ethyl adjacent to an activating group) is 1. The minimum Gasteiger partial charge on any atom is -0.352 e. The van der Waals surface area contributed by atoms with E-state index in [9.17, 15) is 14.8 Å². The molecule has 0 radical (unpaired) electrons. The third-order valence-corrected chi connectivity index (χ3v) is 7.03. The first kappa shape index (κ1) is 25.4. The van der Waals surface area contributed by atoms with Gasteiger partial charge in [-0.2, -0.15) is 4.39 Å². The van der Waals surface area contributed by atoms with Gasteiger partial charge in [0.1, 0.15) is 0 Å². The Morgan fingerprint density at radius 1 is 1.33 bits per heavy atom. The molecule has 12 heteroatoms. The van der Waals surface area contributed by atoms with E-state index in [-0.39, 0.29) is 24.6 Å². The number of nitrogens with zero attached hydrogens (tertiary/aromatic N) is 5. The van der Waals surface area contributed by atoms with Gasteiger partial charge in [0.15, 0.2) is 16.8 Å². The molecule has 3 rings (SSSR count). The van der Waals surface area contributed by atoms with E-state index in [0.29, 0.717) is 41.7 Å². The molecular formula is C21H34FN7O3S. The van der Waals surface area contributed by atoms with Crippen LogP contribution in [0.3, 0.4) is 0 Å². The summed E-state index contributed by atoms with van der Waals surface area (Å²) >= 11 is 1.29. The van der Waals surface area contributed by atoms with Crippen LogP contribution in [0.5, 0.6) is 0 Å². The van der Waals surface area contributed by atoms with Gasteiger partial charge in [-0.15, -0.1) is 0 Å². The van der Waals surface area contributed by atoms with Crippen LogP contribution >= 0.6 is 11.8 Å². The van der Waals surface area contributed by atoms with Crippen LogP contribution < -0.4 is 15.8 Å². The number of hydrogen-bond acceptors (Lipinski definition) is 9. The molecule has 2 heterocycles. The molecule has 0 unspecified atom stereocenters. The summed E-state index contributed by atoms with van der Waals surface area (Å²) < 4.78 is 15.3. The highest BCUT2D eigenvalue weighted by Crippen LogP contribution is 2.31. The van der Waals surface area contributed by atoms with Crippen LogP contribution in [-0.4, -0.2) is 83.5 Å². The lowest BCUT2D eigenvalue weighted by Crippen LogP contribution is -2.41. The molecule has 0 bridgehead atoms. The summed E-state index contributed by atoms with van der Waals surface area (Å²) in [5.41, 5.74) is 5.15. The Balaban J connectivity index is 1.71. The van der Waals surface area contributed by atoms with E-state index in [4.69, 9.17) is 0 Å². The molecule has 2 fully saturated rings. The molecule has 184 valence electrons. The van der Waals surface area contributed by atoms with E-state index in [1.54, 1.807) is 6.26 Å². The molecule has 1 saturated heterocycles. The van der Waals surface area contributed by atoms with Crippen molar-refractivity contribution in [3.8, 4) is 0 Å². The molecular weight excluding hydrogens is 449 g/mol. The summed E-state index contributed by atoms with van der Waals surface area (Å²) in [5.74, 6) is -1.22. The number of hydrazine groups is 1. The molecule has 0 aromatic carbocycles. The molecule has 1 aromatic rings. The fraction of sp³-hybridized carbons (Fsp3) is 0.714. The zero-order valence-corrected chi connectivity index (χ0v) is 20.3. The smallest absolute Gasteiger partial charge is 0.243 e. The van der Waals surface area contributed by atoms with Crippen LogP contribution in [0.15, 0.2) is 5.16 Å². The van der Waals surface area contributed by atoms with Crippen molar-refractivity contribution < 1.29 is 19.2 Å². The van der Waals surface area contributed by atoms with Crippen molar-refractivity contribution in [2.75, 3.05) is 50.3 Å². The minimum atomic E-state index is -0.628. The van der Waals surface area contributed by atoms with Gasteiger partial charge in [-0.05, 0) is 39.1 Å². The summed E-state index contributed by atoms with van der Waals surface area (Å²) in [5, 5.41) is 10.5. The third-order valence-electron chi connectivity index (χ3n) is 6.49. The average molecular weight is 484 g/mol. The van der Waals surface area contributed by atoms with Crippen molar-refractivity contribution in [1.29, 1.82) is 0 Å². The molecule has 33 heavy (non-hydrogen) atoms. The molecule has 1 aliphatic carbocycles. The van der Waals surface area contributed by atoms with Crippen LogP contribution in [0.4, 0.5) is 16.0 Å². The number of hydrogen-bond donors (Lipinski definition) is 3. The summed E-state index contributed by atoms with van der Waals surface area (Å²) in [4.78, 5) is 36.3. The number of hydroxylamine groups is 2. The number of rotatable bonds is 11. The van der Waals surface area contributed by atoms with Gasteiger partial charge < -0.3 is 9.80 Å². The SMILES string of the molecule is CSc1nc(NNC(=O)[C@H](CC2CCCC2)CN(O)C=O)c(F)c(N2CC[C@@H](N(C)C)C2)n1. The second-order valence-corrected chi connectivity index (χ2v) is 9.75. The first-order chi connectivity index (χ1) is 15.8. The number of carbonyl (C=O) groups excluding carboxylic acids is 2. The Hall–Kier alpha value is -2.18. The van der Waals surface area contributed by atoms with Gasteiger partial charge >= 0.3 is 0 Å². The van der Waals surface area contributed by atoms with Crippen molar-refractivity contribution in [2.24, 2.45) is 11.8 Å². The minimum absolute atomic E-state index is 0.109. The lowest BCUT2D eigenvalue weighted by atomic mass is 9.92. The van der Waals surface area contributed by atoms with Crippen molar-refractivity contribution in [3.63, 3.8) is 0 Å². The second kappa shape index (κ2) is 11.8. The molecule has 2 aliphatic rings. The normalized spacial score (nSPS) is 19.7. The lowest BCUT2D eigenvalue weighted by Gasteiger charge is -2.24. The lowest BCUT2D eigenvalue weighted by molar-refractivity contribution is -0.154. The molecule has 3 N–H and O–H groups in total. The van der Waals surface area contributed by atoms with E-state index in [2.05, 4.69) is 25.7 Å². The van der Waals surface area contributed by atoms with Gasteiger partial charge in [0.2, 0.25) is 18.1 Å². The predicted octanol–water partition coefficient (Wildman–Crippen LogP) is 1.97. The molecule has 1 aromatic heterocycles.